The van der Waals surface area contributed by atoms with E-state index < -0.39 is 0 Å². The lowest BCUT2D eigenvalue weighted by atomic mass is 9.84. The molecule has 1 fully saturated rings. The Kier molecular flexibility index (Phi) is 6.57. The van der Waals surface area contributed by atoms with Crippen LogP contribution in [0, 0.1) is 11.8 Å². The molecule has 17 heavy (non-hydrogen) atoms. The van der Waals surface area contributed by atoms with Gasteiger partial charge >= 0.3 is 0 Å². The van der Waals surface area contributed by atoms with Crippen molar-refractivity contribution in [3.8, 4) is 11.8 Å². The molecule has 0 amide bonds. The minimum absolute atomic E-state index is 0.0827. The van der Waals surface area contributed by atoms with Crippen LogP contribution < -0.4 is 11.3 Å². The maximum absolute atomic E-state index is 5.85. The van der Waals surface area contributed by atoms with Crippen molar-refractivity contribution in [3.05, 3.63) is 0 Å². The molecule has 3 heteroatoms. The van der Waals surface area contributed by atoms with E-state index in [1.807, 2.05) is 14.0 Å². The fourth-order valence-corrected chi connectivity index (χ4v) is 2.86. The van der Waals surface area contributed by atoms with Gasteiger partial charge in [0, 0.05) is 13.5 Å². The van der Waals surface area contributed by atoms with Crippen molar-refractivity contribution in [2.24, 2.45) is 5.84 Å². The van der Waals surface area contributed by atoms with Crippen molar-refractivity contribution >= 4 is 0 Å². The topological polar surface area (TPSA) is 47.3 Å². The van der Waals surface area contributed by atoms with E-state index in [1.54, 1.807) is 0 Å². The van der Waals surface area contributed by atoms with Gasteiger partial charge in [-0.3, -0.25) is 11.3 Å². The molecule has 0 aromatic carbocycles. The molecule has 0 aromatic rings. The van der Waals surface area contributed by atoms with Crippen molar-refractivity contribution in [2.75, 3.05) is 7.11 Å². The van der Waals surface area contributed by atoms with Gasteiger partial charge in [-0.05, 0) is 26.2 Å². The summed E-state index contributed by atoms with van der Waals surface area (Å²) in [5.41, 5.74) is 2.87. The fourth-order valence-electron chi connectivity index (χ4n) is 2.86. The molecule has 0 aliphatic heterocycles. The third-order valence-corrected chi connectivity index (χ3v) is 3.93. The van der Waals surface area contributed by atoms with Gasteiger partial charge in [0.05, 0.1) is 11.6 Å². The van der Waals surface area contributed by atoms with Gasteiger partial charge in [-0.15, -0.1) is 11.8 Å². The highest BCUT2D eigenvalue weighted by atomic mass is 16.5. The maximum atomic E-state index is 5.85. The minimum Gasteiger partial charge on any atom is -0.377 e. The van der Waals surface area contributed by atoms with Crippen LogP contribution >= 0.6 is 0 Å². The number of methoxy groups -OCH3 is 1. The van der Waals surface area contributed by atoms with Crippen molar-refractivity contribution in [3.63, 3.8) is 0 Å². The van der Waals surface area contributed by atoms with Crippen LogP contribution in [0.3, 0.4) is 0 Å². The molecule has 3 N–H and O–H groups in total. The summed E-state index contributed by atoms with van der Waals surface area (Å²) in [4.78, 5) is 0. The van der Waals surface area contributed by atoms with E-state index in [1.165, 1.54) is 25.7 Å². The summed E-state index contributed by atoms with van der Waals surface area (Å²) < 4.78 is 5.85. The van der Waals surface area contributed by atoms with Gasteiger partial charge in [0.1, 0.15) is 0 Å². The molecule has 0 heterocycles. The Morgan fingerprint density at radius 3 is 2.41 bits per heavy atom. The fraction of sp³-hybridized carbons (Fsp3) is 0.857. The van der Waals surface area contributed by atoms with E-state index >= 15 is 0 Å². The molecule has 1 aliphatic carbocycles. The molecule has 0 aromatic heterocycles. The summed E-state index contributed by atoms with van der Waals surface area (Å²) in [6.45, 7) is 1.88. The third-order valence-electron chi connectivity index (χ3n) is 3.93. The summed E-state index contributed by atoms with van der Waals surface area (Å²) in [5, 5.41) is 0. The Morgan fingerprint density at radius 1 is 1.29 bits per heavy atom. The molecule has 1 aliphatic rings. The normalized spacial score (nSPS) is 21.1. The Morgan fingerprint density at radius 2 is 1.94 bits per heavy atom. The summed E-state index contributed by atoms with van der Waals surface area (Å²) in [7, 11) is 1.82. The van der Waals surface area contributed by atoms with E-state index in [0.29, 0.717) is 0 Å². The summed E-state index contributed by atoms with van der Waals surface area (Å²) in [6.07, 6.45) is 9.18. The zero-order valence-corrected chi connectivity index (χ0v) is 11.2. The zero-order chi connectivity index (χ0) is 12.6. The number of nitrogens with one attached hydrogen (secondary N) is 1. The van der Waals surface area contributed by atoms with Crippen molar-refractivity contribution in [1.29, 1.82) is 0 Å². The Hall–Kier alpha value is -0.560. The number of nitrogens with two attached hydrogens (primary N) is 1. The highest BCUT2D eigenvalue weighted by Crippen LogP contribution is 2.34. The van der Waals surface area contributed by atoms with Crippen molar-refractivity contribution < 1.29 is 4.74 Å². The first-order chi connectivity index (χ1) is 8.29. The molecule has 0 bridgehead atoms. The average molecular weight is 238 g/mol. The largest absolute Gasteiger partial charge is 0.377 e. The van der Waals surface area contributed by atoms with Gasteiger partial charge in [0.25, 0.3) is 0 Å². The van der Waals surface area contributed by atoms with Crippen LogP contribution in [0.25, 0.3) is 0 Å². The molecule has 1 atom stereocenters. The SMILES string of the molecule is CC#CCCC(NN)C1(OC)CCCCCC1. The average Bonchev–Trinajstić information content (AvgIpc) is 2.61. The molecule has 0 spiro atoms. The maximum Gasteiger partial charge on any atom is 0.0844 e. The van der Waals surface area contributed by atoms with E-state index in [9.17, 15) is 0 Å². The molecule has 3 nitrogen and oxygen atoms in total. The smallest absolute Gasteiger partial charge is 0.0844 e. The lowest BCUT2D eigenvalue weighted by Crippen LogP contribution is -2.54. The number of rotatable bonds is 5. The first-order valence-electron chi connectivity index (χ1n) is 6.70. The number of ether oxygens (including phenoxy) is 1. The monoisotopic (exact) mass is 238 g/mol. The summed E-state index contributed by atoms with van der Waals surface area (Å²) >= 11 is 0. The van der Waals surface area contributed by atoms with Gasteiger partial charge in [0.2, 0.25) is 0 Å². The Balaban J connectivity index is 2.67. The zero-order valence-electron chi connectivity index (χ0n) is 11.2. The first kappa shape index (κ1) is 14.5. The van der Waals surface area contributed by atoms with E-state index in [-0.39, 0.29) is 11.6 Å². The molecule has 1 unspecified atom stereocenters. The van der Waals surface area contributed by atoms with Gasteiger partial charge < -0.3 is 4.74 Å². The van der Waals surface area contributed by atoms with Crippen LogP contribution in [0.15, 0.2) is 0 Å². The second-order valence-electron chi connectivity index (χ2n) is 4.87. The number of hydrazine groups is 1. The second-order valence-corrected chi connectivity index (χ2v) is 4.87. The highest BCUT2D eigenvalue weighted by molar-refractivity contribution is 4.99. The predicted octanol–water partition coefficient (Wildman–Crippen LogP) is 2.36. The van der Waals surface area contributed by atoms with Crippen molar-refractivity contribution in [2.45, 2.75) is 69.9 Å². The molecule has 98 valence electrons. The second kappa shape index (κ2) is 7.71. The van der Waals surface area contributed by atoms with Gasteiger partial charge in [0.15, 0.2) is 0 Å². The molecular weight excluding hydrogens is 212 g/mol. The first-order valence-corrected chi connectivity index (χ1v) is 6.70. The van der Waals surface area contributed by atoms with Crippen LogP contribution in [-0.4, -0.2) is 18.8 Å². The van der Waals surface area contributed by atoms with E-state index in [4.69, 9.17) is 10.6 Å². The Labute approximate surface area is 105 Å². The lowest BCUT2D eigenvalue weighted by Gasteiger charge is -2.38. The van der Waals surface area contributed by atoms with Crippen LogP contribution in [-0.2, 0) is 4.74 Å². The van der Waals surface area contributed by atoms with Gasteiger partial charge in [-0.25, -0.2) is 0 Å². The van der Waals surface area contributed by atoms with Gasteiger partial charge in [-0.1, -0.05) is 25.7 Å². The lowest BCUT2D eigenvalue weighted by molar-refractivity contribution is -0.0544. The van der Waals surface area contributed by atoms with Crippen molar-refractivity contribution in [1.82, 2.24) is 5.43 Å². The highest BCUT2D eigenvalue weighted by Gasteiger charge is 2.38. The molecule has 0 radical (unpaired) electrons. The van der Waals surface area contributed by atoms with Crippen LogP contribution in [0.1, 0.15) is 58.3 Å². The minimum atomic E-state index is -0.0827. The predicted molar refractivity (Wildman–Crippen MR) is 71.2 cm³/mol. The quantitative estimate of drug-likeness (QED) is 0.334. The molecular formula is C14H26N2O. The summed E-state index contributed by atoms with van der Waals surface area (Å²) in [6, 6.07) is 0.214. The molecule has 0 saturated heterocycles. The van der Waals surface area contributed by atoms with Gasteiger partial charge in [-0.2, -0.15) is 0 Å². The third kappa shape index (κ3) is 3.99. The number of hydrogen-bond donors (Lipinski definition) is 2. The van der Waals surface area contributed by atoms with Crippen LogP contribution in [0.5, 0.6) is 0 Å². The molecule has 1 saturated carbocycles. The van der Waals surface area contributed by atoms with Crippen LogP contribution in [0.2, 0.25) is 0 Å². The van der Waals surface area contributed by atoms with E-state index in [0.717, 1.165) is 25.7 Å². The Bertz CT molecular complexity index is 259. The van der Waals surface area contributed by atoms with Crippen LogP contribution in [0.4, 0.5) is 0 Å². The number of hydrogen-bond acceptors (Lipinski definition) is 3. The summed E-state index contributed by atoms with van der Waals surface area (Å²) in [5.74, 6) is 11.8. The standard InChI is InChI=1S/C14H26N2O/c1-3-4-7-10-13(16-15)14(17-2)11-8-5-6-9-12-14/h13,16H,5-12,15H2,1-2H3. The molecule has 1 rings (SSSR count). The van der Waals surface area contributed by atoms with E-state index in [2.05, 4.69) is 17.3 Å².